The Morgan fingerprint density at radius 3 is 2.53 bits per heavy atom. The van der Waals surface area contributed by atoms with E-state index >= 15 is 0 Å². The first kappa shape index (κ1) is 15.2. The minimum absolute atomic E-state index is 0.0492. The lowest BCUT2D eigenvalue weighted by atomic mass is 9.99. The van der Waals surface area contributed by atoms with Gasteiger partial charge in [-0.3, -0.25) is 4.79 Å². The van der Waals surface area contributed by atoms with Crippen molar-refractivity contribution in [2.24, 2.45) is 0 Å². The summed E-state index contributed by atoms with van der Waals surface area (Å²) in [5.74, 6) is -1.23. The standard InChI is InChI=1S/C11H19N3O5/c1-14(2)8(15)3-5-12-10(18)13-11(9(16)17)4-6-19-7-11/h3-7H2,1-2H3,(H,16,17)(H2,12,13,18). The molecule has 0 aliphatic carbocycles. The molecule has 0 radical (unpaired) electrons. The number of rotatable bonds is 5. The molecule has 1 saturated heterocycles. The lowest BCUT2D eigenvalue weighted by Crippen LogP contribution is -2.57. The number of hydrogen-bond acceptors (Lipinski definition) is 4. The van der Waals surface area contributed by atoms with Gasteiger partial charge in [0.2, 0.25) is 5.91 Å². The fourth-order valence-corrected chi connectivity index (χ4v) is 1.65. The molecule has 1 fully saturated rings. The molecule has 8 nitrogen and oxygen atoms in total. The number of carbonyl (C=O) groups excluding carboxylic acids is 2. The number of carbonyl (C=O) groups is 3. The number of nitrogens with zero attached hydrogens (tertiary/aromatic N) is 1. The van der Waals surface area contributed by atoms with E-state index in [1.165, 1.54) is 4.90 Å². The zero-order valence-corrected chi connectivity index (χ0v) is 11.1. The summed E-state index contributed by atoms with van der Waals surface area (Å²) in [6.45, 7) is 0.400. The van der Waals surface area contributed by atoms with Crippen LogP contribution in [-0.4, -0.2) is 67.3 Å². The number of aliphatic carboxylic acids is 1. The summed E-state index contributed by atoms with van der Waals surface area (Å²) in [7, 11) is 3.25. The fourth-order valence-electron chi connectivity index (χ4n) is 1.65. The van der Waals surface area contributed by atoms with Crippen molar-refractivity contribution in [3.8, 4) is 0 Å². The molecule has 19 heavy (non-hydrogen) atoms. The van der Waals surface area contributed by atoms with Gasteiger partial charge in [-0.05, 0) is 0 Å². The SMILES string of the molecule is CN(C)C(=O)CCNC(=O)NC1(C(=O)O)CCOC1. The van der Waals surface area contributed by atoms with Crippen LogP contribution in [0.25, 0.3) is 0 Å². The number of nitrogens with one attached hydrogen (secondary N) is 2. The summed E-state index contributed by atoms with van der Waals surface area (Å²) in [5, 5.41) is 14.0. The number of hydrogen-bond donors (Lipinski definition) is 3. The number of urea groups is 1. The van der Waals surface area contributed by atoms with Crippen LogP contribution in [0, 0.1) is 0 Å². The molecule has 1 heterocycles. The van der Waals surface area contributed by atoms with E-state index in [9.17, 15) is 14.4 Å². The molecular weight excluding hydrogens is 254 g/mol. The zero-order chi connectivity index (χ0) is 14.5. The van der Waals surface area contributed by atoms with E-state index in [1.54, 1.807) is 14.1 Å². The monoisotopic (exact) mass is 273 g/mol. The third-order valence-corrected chi connectivity index (χ3v) is 2.91. The Bertz CT molecular complexity index is 363. The molecule has 1 rings (SSSR count). The van der Waals surface area contributed by atoms with E-state index in [-0.39, 0.29) is 31.9 Å². The Kier molecular flexibility index (Phi) is 5.11. The van der Waals surface area contributed by atoms with Gasteiger partial charge in [-0.1, -0.05) is 0 Å². The van der Waals surface area contributed by atoms with Crippen molar-refractivity contribution in [2.75, 3.05) is 33.9 Å². The van der Waals surface area contributed by atoms with Gasteiger partial charge < -0.3 is 25.4 Å². The maximum Gasteiger partial charge on any atom is 0.332 e. The van der Waals surface area contributed by atoms with Crippen LogP contribution in [0.5, 0.6) is 0 Å². The van der Waals surface area contributed by atoms with Gasteiger partial charge in [0.05, 0.1) is 6.61 Å². The average molecular weight is 273 g/mol. The van der Waals surface area contributed by atoms with Gasteiger partial charge in [0.25, 0.3) is 0 Å². The summed E-state index contributed by atoms with van der Waals surface area (Å²) in [4.78, 5) is 35.4. The first-order chi connectivity index (χ1) is 8.87. The van der Waals surface area contributed by atoms with Crippen LogP contribution in [0.3, 0.4) is 0 Å². The minimum atomic E-state index is -1.37. The van der Waals surface area contributed by atoms with E-state index in [1.807, 2.05) is 0 Å². The Hall–Kier alpha value is -1.83. The van der Waals surface area contributed by atoms with E-state index in [0.29, 0.717) is 6.61 Å². The number of carboxylic acid groups (broad SMARTS) is 1. The molecule has 0 aromatic rings. The molecule has 1 atom stereocenters. The average Bonchev–Trinajstić information content (AvgIpc) is 2.78. The lowest BCUT2D eigenvalue weighted by molar-refractivity contribution is -0.144. The smallest absolute Gasteiger partial charge is 0.332 e. The van der Waals surface area contributed by atoms with Gasteiger partial charge in [0.15, 0.2) is 5.54 Å². The first-order valence-electron chi connectivity index (χ1n) is 5.95. The second-order valence-corrected chi connectivity index (χ2v) is 4.61. The highest BCUT2D eigenvalue weighted by molar-refractivity contribution is 5.87. The third kappa shape index (κ3) is 4.09. The zero-order valence-electron chi connectivity index (χ0n) is 11.1. The van der Waals surface area contributed by atoms with Crippen molar-refractivity contribution >= 4 is 17.9 Å². The van der Waals surface area contributed by atoms with Crippen molar-refractivity contribution in [3.63, 3.8) is 0 Å². The molecule has 3 N–H and O–H groups in total. The fraction of sp³-hybridized carbons (Fsp3) is 0.727. The largest absolute Gasteiger partial charge is 0.479 e. The van der Waals surface area contributed by atoms with Crippen molar-refractivity contribution in [1.82, 2.24) is 15.5 Å². The van der Waals surface area contributed by atoms with Crippen molar-refractivity contribution in [1.29, 1.82) is 0 Å². The first-order valence-corrected chi connectivity index (χ1v) is 5.95. The quantitative estimate of drug-likeness (QED) is 0.596. The Labute approximate surface area is 111 Å². The molecule has 3 amide bonds. The van der Waals surface area contributed by atoms with E-state index in [4.69, 9.17) is 9.84 Å². The molecule has 0 aromatic carbocycles. The Morgan fingerprint density at radius 2 is 2.05 bits per heavy atom. The maximum atomic E-state index is 11.6. The highest BCUT2D eigenvalue weighted by Crippen LogP contribution is 2.18. The summed E-state index contributed by atoms with van der Waals surface area (Å²) < 4.78 is 5.01. The van der Waals surface area contributed by atoms with Crippen LogP contribution in [0.4, 0.5) is 4.79 Å². The van der Waals surface area contributed by atoms with Crippen molar-refractivity contribution in [2.45, 2.75) is 18.4 Å². The molecule has 0 spiro atoms. The topological polar surface area (TPSA) is 108 Å². The van der Waals surface area contributed by atoms with Gasteiger partial charge in [-0.25, -0.2) is 9.59 Å². The van der Waals surface area contributed by atoms with Crippen LogP contribution in [0.2, 0.25) is 0 Å². The Balaban J connectivity index is 2.38. The van der Waals surface area contributed by atoms with Crippen molar-refractivity contribution in [3.05, 3.63) is 0 Å². The van der Waals surface area contributed by atoms with Crippen molar-refractivity contribution < 1.29 is 24.2 Å². The van der Waals surface area contributed by atoms with E-state index < -0.39 is 17.5 Å². The molecule has 108 valence electrons. The predicted molar refractivity (Wildman–Crippen MR) is 65.6 cm³/mol. The second-order valence-electron chi connectivity index (χ2n) is 4.61. The Morgan fingerprint density at radius 1 is 1.37 bits per heavy atom. The van der Waals surface area contributed by atoms with Crippen LogP contribution < -0.4 is 10.6 Å². The van der Waals surface area contributed by atoms with Crippen LogP contribution in [0.15, 0.2) is 0 Å². The lowest BCUT2D eigenvalue weighted by Gasteiger charge is -2.23. The molecule has 1 aliphatic rings. The normalized spacial score (nSPS) is 21.8. The summed E-state index contributed by atoms with van der Waals surface area (Å²) in [5.41, 5.74) is -1.37. The number of ether oxygens (including phenoxy) is 1. The van der Waals surface area contributed by atoms with Gasteiger partial charge >= 0.3 is 12.0 Å². The molecule has 8 heteroatoms. The van der Waals surface area contributed by atoms with E-state index in [2.05, 4.69) is 10.6 Å². The summed E-state index contributed by atoms with van der Waals surface area (Å²) >= 11 is 0. The third-order valence-electron chi connectivity index (χ3n) is 2.91. The minimum Gasteiger partial charge on any atom is -0.479 e. The van der Waals surface area contributed by atoms with Crippen LogP contribution >= 0.6 is 0 Å². The van der Waals surface area contributed by atoms with Gasteiger partial charge in [0, 0.05) is 40.1 Å². The highest BCUT2D eigenvalue weighted by atomic mass is 16.5. The highest BCUT2D eigenvalue weighted by Gasteiger charge is 2.43. The maximum absolute atomic E-state index is 11.6. The summed E-state index contributed by atoms with van der Waals surface area (Å²) in [6, 6.07) is -0.612. The molecule has 1 aliphatic heterocycles. The van der Waals surface area contributed by atoms with Gasteiger partial charge in [0.1, 0.15) is 0 Å². The molecule has 0 saturated carbocycles. The van der Waals surface area contributed by atoms with E-state index in [0.717, 1.165) is 0 Å². The predicted octanol–water partition coefficient (Wildman–Crippen LogP) is -0.992. The summed E-state index contributed by atoms with van der Waals surface area (Å²) in [6.07, 6.45) is 0.392. The molecule has 1 unspecified atom stereocenters. The second kappa shape index (κ2) is 6.37. The van der Waals surface area contributed by atoms with Gasteiger partial charge in [-0.15, -0.1) is 0 Å². The van der Waals surface area contributed by atoms with Crippen LogP contribution in [0.1, 0.15) is 12.8 Å². The van der Waals surface area contributed by atoms with Crippen LogP contribution in [-0.2, 0) is 14.3 Å². The van der Waals surface area contributed by atoms with Gasteiger partial charge in [-0.2, -0.15) is 0 Å². The number of carboxylic acids is 1. The molecule has 0 aromatic heterocycles. The number of amides is 3. The molecule has 0 bridgehead atoms. The molecular formula is C11H19N3O5.